The van der Waals surface area contributed by atoms with Gasteiger partial charge in [0, 0.05) is 17.4 Å². The largest absolute Gasteiger partial charge is 0.496 e. The molecule has 4 aromatic rings. The van der Waals surface area contributed by atoms with Gasteiger partial charge in [-0.3, -0.25) is 14.6 Å². The molecule has 1 heterocycles. The van der Waals surface area contributed by atoms with Gasteiger partial charge in [-0.15, -0.1) is 0 Å². The molecule has 1 aromatic heterocycles. The molecule has 2 N–H and O–H groups in total. The third-order valence-corrected chi connectivity index (χ3v) is 5.11. The van der Waals surface area contributed by atoms with Gasteiger partial charge in [0.05, 0.1) is 24.9 Å². The summed E-state index contributed by atoms with van der Waals surface area (Å²) < 4.78 is 5.33. The number of hydrogen-bond acceptors (Lipinski definition) is 4. The van der Waals surface area contributed by atoms with Gasteiger partial charge in [-0.05, 0) is 53.6 Å². The van der Waals surface area contributed by atoms with Gasteiger partial charge in [0.2, 0.25) is 0 Å². The average molecular weight is 437 g/mol. The highest BCUT2D eigenvalue weighted by molar-refractivity contribution is 6.05. The Morgan fingerprint density at radius 3 is 2.24 bits per heavy atom. The Kier molecular flexibility index (Phi) is 6.75. The number of nitrogens with zero attached hydrogens (tertiary/aromatic N) is 1. The molecule has 4 rings (SSSR count). The van der Waals surface area contributed by atoms with E-state index in [4.69, 9.17) is 4.74 Å². The number of amides is 2. The van der Waals surface area contributed by atoms with Crippen molar-refractivity contribution in [2.75, 3.05) is 12.4 Å². The number of rotatable bonds is 7. The molecule has 164 valence electrons. The molecule has 0 unspecified atom stereocenters. The normalized spacial score (nSPS) is 10.3. The van der Waals surface area contributed by atoms with E-state index >= 15 is 0 Å². The molecule has 0 saturated heterocycles. The van der Waals surface area contributed by atoms with Crippen molar-refractivity contribution in [2.24, 2.45) is 0 Å². The number of pyridine rings is 1. The van der Waals surface area contributed by atoms with E-state index in [-0.39, 0.29) is 18.4 Å². The van der Waals surface area contributed by atoms with E-state index in [1.165, 1.54) is 7.11 Å². The predicted molar refractivity (Wildman–Crippen MR) is 128 cm³/mol. The molecular weight excluding hydrogens is 414 g/mol. The Hall–Kier alpha value is -4.45. The number of carbonyl (C=O) groups is 2. The second kappa shape index (κ2) is 10.2. The Balaban J connectivity index is 1.46. The Bertz CT molecular complexity index is 1240. The van der Waals surface area contributed by atoms with Crippen LogP contribution in [0.15, 0.2) is 97.2 Å². The zero-order valence-electron chi connectivity index (χ0n) is 18.1. The number of ether oxygens (including phenoxy) is 1. The van der Waals surface area contributed by atoms with E-state index in [1.54, 1.807) is 36.5 Å². The van der Waals surface area contributed by atoms with Crippen molar-refractivity contribution in [1.29, 1.82) is 0 Å². The molecule has 0 aliphatic carbocycles. The minimum Gasteiger partial charge on any atom is -0.496 e. The second-order valence-electron chi connectivity index (χ2n) is 7.32. The van der Waals surface area contributed by atoms with Gasteiger partial charge in [0.25, 0.3) is 11.8 Å². The number of methoxy groups -OCH3 is 1. The van der Waals surface area contributed by atoms with Gasteiger partial charge < -0.3 is 15.4 Å². The summed E-state index contributed by atoms with van der Waals surface area (Å²) in [5.41, 5.74) is 4.20. The Labute approximate surface area is 192 Å². The van der Waals surface area contributed by atoms with E-state index in [9.17, 15) is 9.59 Å². The molecule has 6 nitrogen and oxygen atoms in total. The lowest BCUT2D eigenvalue weighted by Gasteiger charge is -2.12. The molecule has 0 fully saturated rings. The summed E-state index contributed by atoms with van der Waals surface area (Å²) in [5, 5.41) is 5.68. The van der Waals surface area contributed by atoms with Gasteiger partial charge in [-0.1, -0.05) is 48.5 Å². The lowest BCUT2D eigenvalue weighted by molar-refractivity contribution is 0.0946. The van der Waals surface area contributed by atoms with Crippen LogP contribution in [0.25, 0.3) is 11.1 Å². The zero-order valence-corrected chi connectivity index (χ0v) is 18.1. The fraction of sp³-hybridized carbons (Fsp3) is 0.0741. The number of benzene rings is 3. The fourth-order valence-corrected chi connectivity index (χ4v) is 3.38. The van der Waals surface area contributed by atoms with Crippen molar-refractivity contribution in [2.45, 2.75) is 6.54 Å². The number of nitrogens with one attached hydrogen (secondary N) is 2. The van der Waals surface area contributed by atoms with Gasteiger partial charge in [0.15, 0.2) is 0 Å². The summed E-state index contributed by atoms with van der Waals surface area (Å²) in [7, 11) is 1.50. The lowest BCUT2D eigenvalue weighted by Crippen LogP contribution is -2.24. The highest BCUT2D eigenvalue weighted by Crippen LogP contribution is 2.24. The summed E-state index contributed by atoms with van der Waals surface area (Å²) in [5.74, 6) is -0.167. The smallest absolute Gasteiger partial charge is 0.255 e. The molecule has 0 atom stereocenters. The maximum atomic E-state index is 12.8. The third-order valence-electron chi connectivity index (χ3n) is 5.11. The van der Waals surface area contributed by atoms with Gasteiger partial charge in [0.1, 0.15) is 5.75 Å². The van der Waals surface area contributed by atoms with Crippen LogP contribution in [-0.2, 0) is 6.54 Å². The van der Waals surface area contributed by atoms with Crippen LogP contribution in [0.3, 0.4) is 0 Å². The standard InChI is InChI=1S/C27H23N3O3/c1-33-25-15-14-22(17-24(25)27(32)29-18-23-9-5-6-16-28-23)30-26(31)21-12-10-20(11-13-21)19-7-3-2-4-8-19/h2-17H,18H2,1H3,(H,29,32)(H,30,31). The van der Waals surface area contributed by atoms with Crippen molar-refractivity contribution in [1.82, 2.24) is 10.3 Å². The van der Waals surface area contributed by atoms with E-state index < -0.39 is 0 Å². The molecule has 0 aliphatic rings. The van der Waals surface area contributed by atoms with E-state index in [0.29, 0.717) is 22.6 Å². The molecule has 0 bridgehead atoms. The molecule has 6 heteroatoms. The van der Waals surface area contributed by atoms with Crippen molar-refractivity contribution >= 4 is 17.5 Å². The van der Waals surface area contributed by atoms with E-state index in [0.717, 1.165) is 16.8 Å². The maximum absolute atomic E-state index is 12.8. The van der Waals surface area contributed by atoms with Crippen molar-refractivity contribution in [3.05, 3.63) is 114 Å². The highest BCUT2D eigenvalue weighted by atomic mass is 16.5. The van der Waals surface area contributed by atoms with Crippen LogP contribution < -0.4 is 15.4 Å². The summed E-state index contributed by atoms with van der Waals surface area (Å²) >= 11 is 0. The first kappa shape index (κ1) is 21.8. The molecule has 0 radical (unpaired) electrons. The zero-order chi connectivity index (χ0) is 23.0. The fourth-order valence-electron chi connectivity index (χ4n) is 3.38. The maximum Gasteiger partial charge on any atom is 0.255 e. The van der Waals surface area contributed by atoms with Gasteiger partial charge in [-0.25, -0.2) is 0 Å². The molecule has 0 aliphatic heterocycles. The molecule has 0 spiro atoms. The van der Waals surface area contributed by atoms with Crippen LogP contribution in [0.1, 0.15) is 26.4 Å². The molecular formula is C27H23N3O3. The van der Waals surface area contributed by atoms with Gasteiger partial charge >= 0.3 is 0 Å². The van der Waals surface area contributed by atoms with Crippen LogP contribution in [0, 0.1) is 0 Å². The first-order valence-corrected chi connectivity index (χ1v) is 10.5. The summed E-state index contributed by atoms with van der Waals surface area (Å²) in [6, 6.07) is 27.8. The van der Waals surface area contributed by atoms with Crippen LogP contribution in [0.4, 0.5) is 5.69 Å². The highest BCUT2D eigenvalue weighted by Gasteiger charge is 2.15. The number of hydrogen-bond donors (Lipinski definition) is 2. The predicted octanol–water partition coefficient (Wildman–Crippen LogP) is 4.94. The molecule has 33 heavy (non-hydrogen) atoms. The van der Waals surface area contributed by atoms with Crippen LogP contribution in [0.2, 0.25) is 0 Å². The monoisotopic (exact) mass is 437 g/mol. The minimum absolute atomic E-state index is 0.264. The summed E-state index contributed by atoms with van der Waals surface area (Å²) in [6.45, 7) is 0.285. The molecule has 0 saturated carbocycles. The number of aromatic nitrogens is 1. The van der Waals surface area contributed by atoms with Crippen LogP contribution >= 0.6 is 0 Å². The summed E-state index contributed by atoms with van der Waals surface area (Å²) in [6.07, 6.45) is 1.67. The van der Waals surface area contributed by atoms with E-state index in [1.807, 2.05) is 60.7 Å². The minimum atomic E-state index is -0.319. The first-order chi connectivity index (χ1) is 16.1. The van der Waals surface area contributed by atoms with Crippen LogP contribution in [-0.4, -0.2) is 23.9 Å². The Morgan fingerprint density at radius 1 is 0.818 bits per heavy atom. The number of anilines is 1. The average Bonchev–Trinajstić information content (AvgIpc) is 2.88. The van der Waals surface area contributed by atoms with Crippen molar-refractivity contribution in [3.63, 3.8) is 0 Å². The molecule has 3 aromatic carbocycles. The van der Waals surface area contributed by atoms with Crippen molar-refractivity contribution in [3.8, 4) is 16.9 Å². The van der Waals surface area contributed by atoms with Crippen LogP contribution in [0.5, 0.6) is 5.75 Å². The summed E-state index contributed by atoms with van der Waals surface area (Å²) in [4.78, 5) is 29.7. The second-order valence-corrected chi connectivity index (χ2v) is 7.32. The van der Waals surface area contributed by atoms with Gasteiger partial charge in [-0.2, -0.15) is 0 Å². The SMILES string of the molecule is COc1ccc(NC(=O)c2ccc(-c3ccccc3)cc2)cc1C(=O)NCc1ccccn1. The first-order valence-electron chi connectivity index (χ1n) is 10.5. The lowest BCUT2D eigenvalue weighted by atomic mass is 10.0. The van der Waals surface area contributed by atoms with E-state index in [2.05, 4.69) is 15.6 Å². The topological polar surface area (TPSA) is 80.3 Å². The third kappa shape index (κ3) is 5.43. The Morgan fingerprint density at radius 2 is 1.55 bits per heavy atom. The van der Waals surface area contributed by atoms with Crippen molar-refractivity contribution < 1.29 is 14.3 Å². The number of carbonyl (C=O) groups excluding carboxylic acids is 2. The quantitative estimate of drug-likeness (QED) is 0.429. The molecule has 2 amide bonds.